The predicted octanol–water partition coefficient (Wildman–Crippen LogP) is 1.18. The summed E-state index contributed by atoms with van der Waals surface area (Å²) in [5, 5.41) is 29.7. The summed E-state index contributed by atoms with van der Waals surface area (Å²) in [5.74, 6) is 0. The van der Waals surface area contributed by atoms with Crippen molar-refractivity contribution in [2.24, 2.45) is 0 Å². The van der Waals surface area contributed by atoms with Gasteiger partial charge < -0.3 is 30.5 Å². The maximum absolute atomic E-state index is 12.2. The molecule has 0 bridgehead atoms. The second-order valence-electron chi connectivity index (χ2n) is 7.58. The molecule has 1 aromatic carbocycles. The predicted molar refractivity (Wildman–Crippen MR) is 117 cm³/mol. The van der Waals surface area contributed by atoms with E-state index in [1.807, 2.05) is 35.0 Å². The average molecular weight is 433 g/mol. The van der Waals surface area contributed by atoms with Crippen molar-refractivity contribution in [2.45, 2.75) is 24.4 Å². The van der Waals surface area contributed by atoms with E-state index in [2.05, 4.69) is 32.6 Å². The van der Waals surface area contributed by atoms with Crippen LogP contribution in [-0.2, 0) is 4.74 Å². The monoisotopic (exact) mass is 432 g/mol. The van der Waals surface area contributed by atoms with Crippen LogP contribution in [0.4, 0.5) is 16.2 Å². The summed E-state index contributed by atoms with van der Waals surface area (Å²) in [6.45, 7) is 3.24. The SMILES string of the molecule is O=C(NCC1OC(CO)C(O)C1N1CCN(c2ccccc2)CC1)Nc1ccsc1. The third-order valence-corrected chi connectivity index (χ3v) is 6.42. The molecule has 4 rings (SSSR count). The van der Waals surface area contributed by atoms with E-state index in [-0.39, 0.29) is 25.2 Å². The van der Waals surface area contributed by atoms with Crippen LogP contribution < -0.4 is 15.5 Å². The molecule has 4 N–H and O–H groups in total. The first-order valence-corrected chi connectivity index (χ1v) is 11.2. The lowest BCUT2D eigenvalue weighted by Crippen LogP contribution is -2.57. The number of urea groups is 1. The van der Waals surface area contributed by atoms with Gasteiger partial charge >= 0.3 is 6.03 Å². The first-order chi connectivity index (χ1) is 14.7. The first-order valence-electron chi connectivity index (χ1n) is 10.2. The molecule has 2 amide bonds. The van der Waals surface area contributed by atoms with Crippen LogP contribution in [-0.4, -0.2) is 84.8 Å². The molecule has 0 saturated carbocycles. The Morgan fingerprint density at radius 2 is 1.90 bits per heavy atom. The number of hydrogen-bond donors (Lipinski definition) is 4. The highest BCUT2D eigenvalue weighted by Crippen LogP contribution is 2.27. The first kappa shape index (κ1) is 21.1. The number of carbonyl (C=O) groups excluding carboxylic acids is 1. The Morgan fingerprint density at radius 1 is 1.13 bits per heavy atom. The molecule has 2 fully saturated rings. The maximum Gasteiger partial charge on any atom is 0.319 e. The fraction of sp³-hybridized carbons (Fsp3) is 0.476. The number of piperazine rings is 1. The summed E-state index contributed by atoms with van der Waals surface area (Å²) in [5.41, 5.74) is 1.93. The second-order valence-corrected chi connectivity index (χ2v) is 8.36. The molecular formula is C21H28N4O4S. The van der Waals surface area contributed by atoms with Crippen molar-refractivity contribution in [1.29, 1.82) is 0 Å². The van der Waals surface area contributed by atoms with Crippen LogP contribution >= 0.6 is 11.3 Å². The Bertz CT molecular complexity index is 799. The normalized spacial score (nSPS) is 27.2. The standard InChI is InChI=1S/C21H28N4O4S/c26-13-18-20(27)19(17(29-18)12-22-21(28)23-15-6-11-30-14-15)25-9-7-24(8-10-25)16-4-2-1-3-5-16/h1-6,11,14,17-20,26-27H,7-10,12-13H2,(H2,22,23,28). The number of nitrogens with one attached hydrogen (secondary N) is 2. The van der Waals surface area contributed by atoms with E-state index >= 15 is 0 Å². The molecule has 2 aromatic rings. The topological polar surface area (TPSA) is 97.3 Å². The summed E-state index contributed by atoms with van der Waals surface area (Å²) in [7, 11) is 0. The van der Waals surface area contributed by atoms with Gasteiger partial charge in [-0.1, -0.05) is 18.2 Å². The highest BCUT2D eigenvalue weighted by molar-refractivity contribution is 7.08. The third kappa shape index (κ3) is 4.76. The van der Waals surface area contributed by atoms with Crippen molar-refractivity contribution in [3.8, 4) is 0 Å². The average Bonchev–Trinajstić information content (AvgIpc) is 3.40. The van der Waals surface area contributed by atoms with Gasteiger partial charge in [-0.3, -0.25) is 4.90 Å². The minimum atomic E-state index is -0.801. The highest BCUT2D eigenvalue weighted by atomic mass is 32.1. The number of para-hydroxylation sites is 1. The number of carbonyl (C=O) groups is 1. The summed E-state index contributed by atoms with van der Waals surface area (Å²) < 4.78 is 5.89. The zero-order chi connectivity index (χ0) is 20.9. The molecule has 0 radical (unpaired) electrons. The van der Waals surface area contributed by atoms with E-state index < -0.39 is 18.3 Å². The van der Waals surface area contributed by atoms with Gasteiger partial charge in [0.2, 0.25) is 0 Å². The van der Waals surface area contributed by atoms with E-state index in [4.69, 9.17) is 4.74 Å². The van der Waals surface area contributed by atoms with Gasteiger partial charge in [0.1, 0.15) is 12.2 Å². The van der Waals surface area contributed by atoms with Gasteiger partial charge in [0.15, 0.2) is 0 Å². The molecule has 4 atom stereocenters. The summed E-state index contributed by atoms with van der Waals surface area (Å²) in [6.07, 6.45) is -1.84. The molecule has 4 unspecified atom stereocenters. The number of amides is 2. The number of hydrogen-bond acceptors (Lipinski definition) is 7. The lowest BCUT2D eigenvalue weighted by atomic mass is 10.0. The minimum absolute atomic E-state index is 0.251. The molecule has 1 aromatic heterocycles. The smallest absolute Gasteiger partial charge is 0.319 e. The largest absolute Gasteiger partial charge is 0.394 e. The number of benzene rings is 1. The van der Waals surface area contributed by atoms with Gasteiger partial charge in [0, 0.05) is 43.8 Å². The molecule has 162 valence electrons. The van der Waals surface area contributed by atoms with Crippen molar-refractivity contribution < 1.29 is 19.7 Å². The Hall–Kier alpha value is -2.17. The van der Waals surface area contributed by atoms with Crippen molar-refractivity contribution in [3.05, 3.63) is 47.2 Å². The number of anilines is 2. The fourth-order valence-electron chi connectivity index (χ4n) is 4.22. The molecular weight excluding hydrogens is 404 g/mol. The quantitative estimate of drug-likeness (QED) is 0.547. The van der Waals surface area contributed by atoms with Crippen LogP contribution in [0.2, 0.25) is 0 Å². The molecule has 2 aliphatic rings. The zero-order valence-corrected chi connectivity index (χ0v) is 17.5. The van der Waals surface area contributed by atoms with Crippen LogP contribution in [0, 0.1) is 0 Å². The lowest BCUT2D eigenvalue weighted by Gasteiger charge is -2.41. The van der Waals surface area contributed by atoms with E-state index in [9.17, 15) is 15.0 Å². The second kappa shape index (κ2) is 9.76. The fourth-order valence-corrected chi connectivity index (χ4v) is 4.81. The Balaban J connectivity index is 1.35. The van der Waals surface area contributed by atoms with Crippen molar-refractivity contribution in [3.63, 3.8) is 0 Å². The molecule has 0 aliphatic carbocycles. The van der Waals surface area contributed by atoms with Gasteiger partial charge in [0.05, 0.1) is 24.4 Å². The molecule has 0 spiro atoms. The van der Waals surface area contributed by atoms with Crippen LogP contribution in [0.25, 0.3) is 0 Å². The van der Waals surface area contributed by atoms with Crippen LogP contribution in [0.1, 0.15) is 0 Å². The Kier molecular flexibility index (Phi) is 6.86. The molecule has 8 nitrogen and oxygen atoms in total. The third-order valence-electron chi connectivity index (χ3n) is 5.74. The van der Waals surface area contributed by atoms with E-state index in [0.717, 1.165) is 31.9 Å². The number of ether oxygens (including phenoxy) is 1. The number of rotatable bonds is 6. The zero-order valence-electron chi connectivity index (χ0n) is 16.7. The van der Waals surface area contributed by atoms with Crippen LogP contribution in [0.5, 0.6) is 0 Å². The van der Waals surface area contributed by atoms with Gasteiger partial charge in [-0.2, -0.15) is 11.3 Å². The van der Waals surface area contributed by atoms with Crippen LogP contribution in [0.15, 0.2) is 47.2 Å². The highest BCUT2D eigenvalue weighted by Gasteiger charge is 2.46. The summed E-state index contributed by atoms with van der Waals surface area (Å²) in [6, 6.07) is 11.5. The van der Waals surface area contributed by atoms with Crippen molar-refractivity contribution >= 4 is 28.7 Å². The molecule has 2 saturated heterocycles. The lowest BCUT2D eigenvalue weighted by molar-refractivity contribution is -0.0205. The number of aliphatic hydroxyl groups is 2. The summed E-state index contributed by atoms with van der Waals surface area (Å²) in [4.78, 5) is 16.7. The molecule has 3 heterocycles. The number of aliphatic hydroxyl groups excluding tert-OH is 2. The number of nitrogens with zero attached hydrogens (tertiary/aromatic N) is 2. The van der Waals surface area contributed by atoms with E-state index in [1.165, 1.54) is 17.0 Å². The molecule has 30 heavy (non-hydrogen) atoms. The van der Waals surface area contributed by atoms with Gasteiger partial charge in [-0.15, -0.1) is 0 Å². The van der Waals surface area contributed by atoms with Gasteiger partial charge in [-0.25, -0.2) is 4.79 Å². The van der Waals surface area contributed by atoms with Crippen molar-refractivity contribution in [2.75, 3.05) is 49.5 Å². The number of thiophene rings is 1. The molecule has 9 heteroatoms. The van der Waals surface area contributed by atoms with Crippen LogP contribution in [0.3, 0.4) is 0 Å². The van der Waals surface area contributed by atoms with Gasteiger partial charge in [0.25, 0.3) is 0 Å². The molecule has 2 aliphatic heterocycles. The Labute approximate surface area is 180 Å². The van der Waals surface area contributed by atoms with E-state index in [0.29, 0.717) is 0 Å². The van der Waals surface area contributed by atoms with E-state index in [1.54, 1.807) is 0 Å². The summed E-state index contributed by atoms with van der Waals surface area (Å²) >= 11 is 1.51. The Morgan fingerprint density at radius 3 is 2.57 bits per heavy atom. The van der Waals surface area contributed by atoms with Crippen molar-refractivity contribution in [1.82, 2.24) is 10.2 Å². The maximum atomic E-state index is 12.2. The van der Waals surface area contributed by atoms with Gasteiger partial charge in [-0.05, 0) is 23.6 Å². The minimum Gasteiger partial charge on any atom is -0.394 e.